The molecule has 0 saturated carbocycles. The van der Waals surface area contributed by atoms with E-state index in [1.165, 1.54) is 12.3 Å². The molecule has 9 heavy (non-hydrogen) atoms. The van der Waals surface area contributed by atoms with Gasteiger partial charge in [0.2, 0.25) is 0 Å². The van der Waals surface area contributed by atoms with E-state index in [0.717, 1.165) is 0 Å². The minimum atomic E-state index is -1.01. The fourth-order valence-corrected chi connectivity index (χ4v) is 0.617. The zero-order valence-electron chi connectivity index (χ0n) is 4.34. The van der Waals surface area contributed by atoms with Crippen molar-refractivity contribution in [2.45, 2.75) is 0 Å². The van der Waals surface area contributed by atoms with Gasteiger partial charge < -0.3 is 5.11 Å². The lowest BCUT2D eigenvalue weighted by molar-refractivity contribution is -0.131. The molecule has 0 saturated heterocycles. The second-order valence-electron chi connectivity index (χ2n) is 1.49. The highest BCUT2D eigenvalue weighted by Crippen LogP contribution is 2.17. The average molecular weight is 145 g/mol. The van der Waals surface area contributed by atoms with Crippen molar-refractivity contribution in [3.63, 3.8) is 0 Å². The maximum absolute atomic E-state index is 10.1. The number of carboxylic acid groups (broad SMARTS) is 1. The molecule has 0 spiro atoms. The van der Waals surface area contributed by atoms with Crippen LogP contribution in [0.25, 0.3) is 0 Å². The Balaban J connectivity index is 2.75. The Hall–Kier alpha value is -0.830. The van der Waals surface area contributed by atoms with Gasteiger partial charge in [0.25, 0.3) is 0 Å². The van der Waals surface area contributed by atoms with Gasteiger partial charge in [-0.15, -0.1) is 0 Å². The summed E-state index contributed by atoms with van der Waals surface area (Å²) in [6.07, 6.45) is 2.51. The SMILES string of the molecule is O=C(O)C1=C[C](Cl)N=C1. The third-order valence-corrected chi connectivity index (χ3v) is 1.06. The number of aliphatic imine (C=N–C) groups is 1. The van der Waals surface area contributed by atoms with Crippen LogP contribution in [0.4, 0.5) is 0 Å². The molecule has 1 heterocycles. The molecule has 3 nitrogen and oxygen atoms in total. The summed E-state index contributed by atoms with van der Waals surface area (Å²) in [6.45, 7) is 0. The minimum Gasteiger partial charge on any atom is -0.478 e. The van der Waals surface area contributed by atoms with E-state index in [9.17, 15) is 4.79 Å². The van der Waals surface area contributed by atoms with Crippen LogP contribution in [0.15, 0.2) is 16.6 Å². The molecule has 1 aliphatic rings. The smallest absolute Gasteiger partial charge is 0.337 e. The number of carboxylic acids is 1. The van der Waals surface area contributed by atoms with E-state index < -0.39 is 5.97 Å². The zero-order chi connectivity index (χ0) is 6.85. The number of halogens is 1. The molecule has 0 aromatic heterocycles. The first-order valence-electron chi connectivity index (χ1n) is 2.21. The van der Waals surface area contributed by atoms with Gasteiger partial charge in [-0.25, -0.2) is 4.79 Å². The van der Waals surface area contributed by atoms with E-state index in [2.05, 4.69) is 4.99 Å². The second kappa shape index (κ2) is 2.19. The van der Waals surface area contributed by atoms with Crippen molar-refractivity contribution >= 4 is 23.8 Å². The summed E-state index contributed by atoms with van der Waals surface area (Å²) >= 11 is 5.33. The number of rotatable bonds is 1. The van der Waals surface area contributed by atoms with E-state index >= 15 is 0 Å². The van der Waals surface area contributed by atoms with E-state index in [1.807, 2.05) is 0 Å². The van der Waals surface area contributed by atoms with Crippen LogP contribution in [-0.2, 0) is 4.79 Å². The summed E-state index contributed by atoms with van der Waals surface area (Å²) < 4.78 is 0. The molecule has 1 aliphatic heterocycles. The Bertz CT molecular complexity index is 197. The molecule has 1 N–H and O–H groups in total. The molecule has 0 aliphatic carbocycles. The van der Waals surface area contributed by atoms with Gasteiger partial charge in [0, 0.05) is 6.21 Å². The van der Waals surface area contributed by atoms with Gasteiger partial charge in [0.15, 0.2) is 5.50 Å². The van der Waals surface area contributed by atoms with Crippen molar-refractivity contribution in [3.05, 3.63) is 17.2 Å². The molecular weight excluding hydrogens is 142 g/mol. The van der Waals surface area contributed by atoms with Crippen LogP contribution in [0, 0.1) is 5.50 Å². The molecule has 1 radical (unpaired) electrons. The molecule has 0 amide bonds. The number of hydrogen-bond acceptors (Lipinski definition) is 2. The topological polar surface area (TPSA) is 49.7 Å². The first-order chi connectivity index (χ1) is 4.20. The molecule has 0 aromatic carbocycles. The lowest BCUT2D eigenvalue weighted by atomic mass is 10.3. The Labute approximate surface area is 56.7 Å². The first-order valence-corrected chi connectivity index (χ1v) is 2.59. The van der Waals surface area contributed by atoms with Gasteiger partial charge in [-0.2, -0.15) is 0 Å². The number of nitrogens with zero attached hydrogens (tertiary/aromatic N) is 1. The number of carbonyl (C=O) groups is 1. The van der Waals surface area contributed by atoms with Crippen LogP contribution in [0.3, 0.4) is 0 Å². The van der Waals surface area contributed by atoms with Gasteiger partial charge in [-0.05, 0) is 6.08 Å². The minimum absolute atomic E-state index is 0.125. The highest BCUT2D eigenvalue weighted by molar-refractivity contribution is 6.31. The standard InChI is InChI=1S/C5H3ClNO2/c6-4-1-3(2-7-4)5(8)9/h1-2H,(H,8,9). The second-order valence-corrected chi connectivity index (χ2v) is 1.87. The quantitative estimate of drug-likeness (QED) is 0.554. The van der Waals surface area contributed by atoms with Crippen LogP contribution < -0.4 is 0 Å². The Morgan fingerprint density at radius 1 is 1.78 bits per heavy atom. The molecule has 4 heteroatoms. The third-order valence-electron chi connectivity index (χ3n) is 0.849. The molecule has 0 atom stereocenters. The van der Waals surface area contributed by atoms with E-state index in [0.29, 0.717) is 0 Å². The van der Waals surface area contributed by atoms with Crippen molar-refractivity contribution in [1.29, 1.82) is 0 Å². The van der Waals surface area contributed by atoms with Gasteiger partial charge >= 0.3 is 5.97 Å². The Morgan fingerprint density at radius 3 is 2.67 bits per heavy atom. The van der Waals surface area contributed by atoms with Gasteiger partial charge in [-0.1, -0.05) is 11.6 Å². The number of aliphatic carboxylic acids is 1. The fourth-order valence-electron chi connectivity index (χ4n) is 0.451. The van der Waals surface area contributed by atoms with Crippen molar-refractivity contribution in [1.82, 2.24) is 0 Å². The lowest BCUT2D eigenvalue weighted by Crippen LogP contribution is -1.98. The van der Waals surface area contributed by atoms with Crippen LogP contribution >= 0.6 is 11.6 Å². The molecule has 47 valence electrons. The molecular formula is C5H3ClNO2. The maximum atomic E-state index is 10.1. The largest absolute Gasteiger partial charge is 0.478 e. The zero-order valence-corrected chi connectivity index (χ0v) is 5.09. The highest BCUT2D eigenvalue weighted by Gasteiger charge is 2.13. The first kappa shape index (κ1) is 6.29. The van der Waals surface area contributed by atoms with Crippen LogP contribution in [0.1, 0.15) is 0 Å². The third kappa shape index (κ3) is 1.29. The van der Waals surface area contributed by atoms with Crippen molar-refractivity contribution in [3.8, 4) is 0 Å². The Kier molecular flexibility index (Phi) is 1.53. The normalized spacial score (nSPS) is 18.1. The summed E-state index contributed by atoms with van der Waals surface area (Å²) in [6, 6.07) is 0. The van der Waals surface area contributed by atoms with Gasteiger partial charge in [0.1, 0.15) is 0 Å². The summed E-state index contributed by atoms with van der Waals surface area (Å²) in [5.41, 5.74) is 0.340. The monoisotopic (exact) mass is 144 g/mol. The van der Waals surface area contributed by atoms with E-state index in [-0.39, 0.29) is 11.1 Å². The van der Waals surface area contributed by atoms with E-state index in [4.69, 9.17) is 16.7 Å². The van der Waals surface area contributed by atoms with Crippen molar-refractivity contribution < 1.29 is 9.90 Å². The van der Waals surface area contributed by atoms with Crippen LogP contribution in [0.5, 0.6) is 0 Å². The maximum Gasteiger partial charge on any atom is 0.337 e. The van der Waals surface area contributed by atoms with Crippen LogP contribution in [-0.4, -0.2) is 17.3 Å². The summed E-state index contributed by atoms with van der Waals surface area (Å²) in [5.74, 6) is -1.01. The predicted octanol–water partition coefficient (Wildman–Crippen LogP) is 0.810. The molecule has 0 unspecified atom stereocenters. The van der Waals surface area contributed by atoms with Gasteiger partial charge in [-0.3, -0.25) is 4.99 Å². The highest BCUT2D eigenvalue weighted by atomic mass is 35.5. The lowest BCUT2D eigenvalue weighted by Gasteiger charge is -1.83. The molecule has 0 aromatic rings. The molecule has 0 fully saturated rings. The average Bonchev–Trinajstić information content (AvgIpc) is 2.14. The van der Waals surface area contributed by atoms with E-state index in [1.54, 1.807) is 0 Å². The fraction of sp³-hybridized carbons (Fsp3) is 0. The number of hydrogen-bond donors (Lipinski definition) is 1. The van der Waals surface area contributed by atoms with Gasteiger partial charge in [0.05, 0.1) is 5.57 Å². The van der Waals surface area contributed by atoms with Crippen molar-refractivity contribution in [2.24, 2.45) is 4.99 Å². The molecule has 0 bridgehead atoms. The summed E-state index contributed by atoms with van der Waals surface area (Å²) in [5, 5.41) is 8.30. The predicted molar refractivity (Wildman–Crippen MR) is 33.3 cm³/mol. The van der Waals surface area contributed by atoms with Crippen molar-refractivity contribution in [2.75, 3.05) is 0 Å². The summed E-state index contributed by atoms with van der Waals surface area (Å²) in [4.78, 5) is 13.6. The van der Waals surface area contributed by atoms with Crippen LogP contribution in [0.2, 0.25) is 0 Å². The summed E-state index contributed by atoms with van der Waals surface area (Å²) in [7, 11) is 0. The Morgan fingerprint density at radius 2 is 2.44 bits per heavy atom. The molecule has 1 rings (SSSR count).